The number of carbonyl (C=O) groups is 1. The van der Waals surface area contributed by atoms with E-state index >= 15 is 0 Å². The van der Waals surface area contributed by atoms with E-state index in [9.17, 15) is 4.79 Å². The number of hydrogen-bond acceptors (Lipinski definition) is 2. The number of carboxylic acid groups (broad SMARTS) is 1. The zero-order valence-electron chi connectivity index (χ0n) is 6.92. The van der Waals surface area contributed by atoms with Gasteiger partial charge in [0.15, 0.2) is 5.41 Å². The van der Waals surface area contributed by atoms with Gasteiger partial charge in [-0.15, -0.1) is 0 Å². The molecule has 0 rings (SSSR count). The minimum absolute atomic E-state index is 0.382. The number of rotatable bonds is 4. The Kier molecular flexibility index (Phi) is 3.59. The molecule has 0 fully saturated rings. The van der Waals surface area contributed by atoms with Crippen LogP contribution in [0.25, 0.3) is 0 Å². The van der Waals surface area contributed by atoms with Crippen molar-refractivity contribution in [1.82, 2.24) is 0 Å². The molecule has 1 atom stereocenters. The molecule has 0 saturated carbocycles. The molecule has 0 aliphatic rings. The smallest absolute Gasteiger partial charge is 0.324 e. The molecule has 62 valence electrons. The highest BCUT2D eigenvalue weighted by Gasteiger charge is 2.35. The normalized spacial score (nSPS) is 15.0. The average Bonchev–Trinajstić information content (AvgIpc) is 2.00. The molecule has 0 aliphatic heterocycles. The standard InChI is InChI=1S/C8H13NO2/c1-3-5-8(4-2,6-9)7(10)11/h3-5H2,1-2H3,(H,10,11)/t8-/m0/s1. The lowest BCUT2D eigenvalue weighted by molar-refractivity contribution is -0.146. The van der Waals surface area contributed by atoms with E-state index in [1.165, 1.54) is 0 Å². The Hall–Kier alpha value is -1.04. The first kappa shape index (κ1) is 9.96. The summed E-state index contributed by atoms with van der Waals surface area (Å²) in [6, 6.07) is 1.87. The van der Waals surface area contributed by atoms with Gasteiger partial charge >= 0.3 is 5.97 Å². The highest BCUT2D eigenvalue weighted by atomic mass is 16.4. The maximum atomic E-state index is 10.7. The molecule has 0 aromatic rings. The van der Waals surface area contributed by atoms with Crippen LogP contribution >= 0.6 is 0 Å². The lowest BCUT2D eigenvalue weighted by Gasteiger charge is -2.17. The summed E-state index contributed by atoms with van der Waals surface area (Å²) in [7, 11) is 0. The highest BCUT2D eigenvalue weighted by molar-refractivity contribution is 5.77. The predicted octanol–water partition coefficient (Wildman–Crippen LogP) is 1.79. The van der Waals surface area contributed by atoms with Crippen molar-refractivity contribution in [3.05, 3.63) is 0 Å². The quantitative estimate of drug-likeness (QED) is 0.673. The third-order valence-electron chi connectivity index (χ3n) is 1.90. The molecule has 0 radical (unpaired) electrons. The second-order valence-electron chi connectivity index (χ2n) is 2.60. The highest BCUT2D eigenvalue weighted by Crippen LogP contribution is 2.27. The Bertz CT molecular complexity index is 183. The number of carboxylic acids is 1. The summed E-state index contributed by atoms with van der Waals surface area (Å²) in [5, 5.41) is 17.4. The van der Waals surface area contributed by atoms with Crippen LogP contribution in [0.4, 0.5) is 0 Å². The fraction of sp³-hybridized carbons (Fsp3) is 0.750. The topological polar surface area (TPSA) is 61.1 Å². The summed E-state index contributed by atoms with van der Waals surface area (Å²) in [5.41, 5.74) is -1.14. The van der Waals surface area contributed by atoms with E-state index in [4.69, 9.17) is 10.4 Å². The average molecular weight is 155 g/mol. The van der Waals surface area contributed by atoms with Gasteiger partial charge in [-0.2, -0.15) is 5.26 Å². The molecular weight excluding hydrogens is 142 g/mol. The monoisotopic (exact) mass is 155 g/mol. The molecule has 0 heterocycles. The van der Waals surface area contributed by atoms with Crippen LogP contribution in [0.3, 0.4) is 0 Å². The van der Waals surface area contributed by atoms with Crippen LogP contribution in [0.1, 0.15) is 33.1 Å². The largest absolute Gasteiger partial charge is 0.480 e. The number of hydrogen-bond donors (Lipinski definition) is 1. The maximum Gasteiger partial charge on any atom is 0.324 e. The number of aliphatic carboxylic acids is 1. The Labute approximate surface area is 66.6 Å². The third kappa shape index (κ3) is 1.94. The van der Waals surface area contributed by atoms with E-state index in [-0.39, 0.29) is 0 Å². The first-order valence-electron chi connectivity index (χ1n) is 3.77. The Morgan fingerprint density at radius 1 is 1.64 bits per heavy atom. The summed E-state index contributed by atoms with van der Waals surface area (Å²) in [6.45, 7) is 3.61. The summed E-state index contributed by atoms with van der Waals surface area (Å²) < 4.78 is 0. The van der Waals surface area contributed by atoms with Gasteiger partial charge in [-0.05, 0) is 12.8 Å². The van der Waals surface area contributed by atoms with Crippen molar-refractivity contribution in [2.24, 2.45) is 5.41 Å². The lowest BCUT2D eigenvalue weighted by Crippen LogP contribution is -2.28. The van der Waals surface area contributed by atoms with Crippen molar-refractivity contribution in [2.45, 2.75) is 33.1 Å². The zero-order chi connectivity index (χ0) is 8.91. The van der Waals surface area contributed by atoms with Crippen LogP contribution in [0.5, 0.6) is 0 Å². The predicted molar refractivity (Wildman–Crippen MR) is 40.9 cm³/mol. The van der Waals surface area contributed by atoms with Gasteiger partial charge in [0, 0.05) is 0 Å². The molecule has 0 aromatic heterocycles. The molecular formula is C8H13NO2. The molecule has 11 heavy (non-hydrogen) atoms. The Morgan fingerprint density at radius 3 is 2.27 bits per heavy atom. The van der Waals surface area contributed by atoms with Crippen molar-refractivity contribution < 1.29 is 9.90 Å². The number of nitriles is 1. The van der Waals surface area contributed by atoms with Crippen LogP contribution in [0, 0.1) is 16.7 Å². The van der Waals surface area contributed by atoms with Gasteiger partial charge in [0.1, 0.15) is 0 Å². The summed E-state index contributed by atoms with van der Waals surface area (Å²) in [4.78, 5) is 10.7. The fourth-order valence-corrected chi connectivity index (χ4v) is 1.04. The minimum Gasteiger partial charge on any atom is -0.480 e. The van der Waals surface area contributed by atoms with E-state index in [0.717, 1.165) is 6.42 Å². The third-order valence-corrected chi connectivity index (χ3v) is 1.90. The van der Waals surface area contributed by atoms with Gasteiger partial charge in [-0.1, -0.05) is 20.3 Å². The molecule has 0 aromatic carbocycles. The van der Waals surface area contributed by atoms with E-state index < -0.39 is 11.4 Å². The summed E-state index contributed by atoms with van der Waals surface area (Å²) in [5.74, 6) is -0.996. The van der Waals surface area contributed by atoms with Crippen LogP contribution < -0.4 is 0 Å². The maximum absolute atomic E-state index is 10.7. The molecule has 0 spiro atoms. The lowest BCUT2D eigenvalue weighted by atomic mass is 9.82. The van der Waals surface area contributed by atoms with Gasteiger partial charge < -0.3 is 5.11 Å². The van der Waals surface area contributed by atoms with E-state index in [1.54, 1.807) is 6.92 Å². The van der Waals surface area contributed by atoms with Crippen LogP contribution in [0.2, 0.25) is 0 Å². The Morgan fingerprint density at radius 2 is 2.18 bits per heavy atom. The van der Waals surface area contributed by atoms with Crippen molar-refractivity contribution in [3.63, 3.8) is 0 Å². The summed E-state index contributed by atoms with van der Waals surface area (Å²) >= 11 is 0. The van der Waals surface area contributed by atoms with Gasteiger partial charge in [0.2, 0.25) is 0 Å². The molecule has 3 heteroatoms. The second-order valence-corrected chi connectivity index (χ2v) is 2.60. The molecule has 0 unspecified atom stereocenters. The first-order valence-corrected chi connectivity index (χ1v) is 3.77. The molecule has 3 nitrogen and oxygen atoms in total. The number of nitrogens with zero attached hydrogens (tertiary/aromatic N) is 1. The minimum atomic E-state index is -1.14. The molecule has 0 aliphatic carbocycles. The van der Waals surface area contributed by atoms with Crippen LogP contribution in [0.15, 0.2) is 0 Å². The first-order chi connectivity index (χ1) is 5.13. The Balaban J connectivity index is 4.50. The summed E-state index contributed by atoms with van der Waals surface area (Å²) in [6.07, 6.45) is 1.55. The fourth-order valence-electron chi connectivity index (χ4n) is 1.04. The van der Waals surface area contributed by atoms with Crippen LogP contribution in [-0.2, 0) is 4.79 Å². The molecule has 1 N–H and O–H groups in total. The SMILES string of the molecule is CCC[C@](C#N)(CC)C(=O)O. The molecule has 0 saturated heterocycles. The van der Waals surface area contributed by atoms with Crippen molar-refractivity contribution in [2.75, 3.05) is 0 Å². The molecule has 0 bridgehead atoms. The zero-order valence-corrected chi connectivity index (χ0v) is 6.92. The van der Waals surface area contributed by atoms with E-state index in [0.29, 0.717) is 12.8 Å². The van der Waals surface area contributed by atoms with Gasteiger partial charge in [0.25, 0.3) is 0 Å². The van der Waals surface area contributed by atoms with Crippen molar-refractivity contribution >= 4 is 5.97 Å². The van der Waals surface area contributed by atoms with E-state index in [2.05, 4.69) is 0 Å². The van der Waals surface area contributed by atoms with Gasteiger partial charge in [-0.25, -0.2) is 0 Å². The van der Waals surface area contributed by atoms with Crippen molar-refractivity contribution in [3.8, 4) is 6.07 Å². The van der Waals surface area contributed by atoms with Crippen LogP contribution in [-0.4, -0.2) is 11.1 Å². The van der Waals surface area contributed by atoms with Gasteiger partial charge in [-0.3, -0.25) is 4.79 Å². The molecule has 0 amide bonds. The van der Waals surface area contributed by atoms with E-state index in [1.807, 2.05) is 13.0 Å². The van der Waals surface area contributed by atoms with Crippen molar-refractivity contribution in [1.29, 1.82) is 5.26 Å². The second kappa shape index (κ2) is 3.97. The van der Waals surface area contributed by atoms with Gasteiger partial charge in [0.05, 0.1) is 6.07 Å².